The summed E-state index contributed by atoms with van der Waals surface area (Å²) in [5.41, 5.74) is 1.35. The molecule has 0 fully saturated rings. The number of halogens is 1. The van der Waals surface area contributed by atoms with Gasteiger partial charge in [-0.15, -0.1) is 11.6 Å². The maximum Gasteiger partial charge on any atom is 0.122 e. The summed E-state index contributed by atoms with van der Waals surface area (Å²) in [6.45, 7) is 0. The number of hydrogen-bond acceptors (Lipinski definition) is 1. The van der Waals surface area contributed by atoms with Crippen LogP contribution in [0.25, 0.3) is 0 Å². The summed E-state index contributed by atoms with van der Waals surface area (Å²) in [7, 11) is 0. The molecule has 0 bridgehead atoms. The van der Waals surface area contributed by atoms with E-state index in [-0.39, 0.29) is 0 Å². The molecule has 1 heterocycles. The Morgan fingerprint density at radius 1 is 1.27 bits per heavy atom. The number of rotatable bonds is 4. The van der Waals surface area contributed by atoms with Crippen LogP contribution in [0.2, 0.25) is 0 Å². The van der Waals surface area contributed by atoms with E-state index in [4.69, 9.17) is 16.3 Å². The first kappa shape index (κ1) is 10.8. The molecule has 0 N–H and O–H groups in total. The van der Waals surface area contributed by atoms with Crippen molar-refractivity contribution in [1.29, 1.82) is 0 Å². The molecule has 1 aromatic rings. The zero-order valence-corrected chi connectivity index (χ0v) is 9.67. The van der Waals surface area contributed by atoms with Crippen molar-refractivity contribution in [3.05, 3.63) is 29.8 Å². The topological polar surface area (TPSA) is 9.23 Å². The molecule has 0 saturated heterocycles. The highest BCUT2D eigenvalue weighted by molar-refractivity contribution is 6.17. The van der Waals surface area contributed by atoms with Gasteiger partial charge in [-0.25, -0.2) is 0 Å². The van der Waals surface area contributed by atoms with Crippen molar-refractivity contribution in [2.75, 3.05) is 5.88 Å². The van der Waals surface area contributed by atoms with Crippen molar-refractivity contribution >= 4 is 11.6 Å². The predicted molar refractivity (Wildman–Crippen MR) is 63.8 cm³/mol. The van der Waals surface area contributed by atoms with Gasteiger partial charge < -0.3 is 4.74 Å². The number of hydrogen-bond donors (Lipinski definition) is 0. The van der Waals surface area contributed by atoms with E-state index in [9.17, 15) is 0 Å². The monoisotopic (exact) mass is 224 g/mol. The van der Waals surface area contributed by atoms with Crippen LogP contribution in [-0.4, -0.2) is 12.0 Å². The van der Waals surface area contributed by atoms with E-state index in [1.54, 1.807) is 0 Å². The molecule has 0 saturated carbocycles. The Bertz CT molecular complexity index is 311. The fourth-order valence-corrected chi connectivity index (χ4v) is 2.24. The average Bonchev–Trinajstić information content (AvgIpc) is 2.29. The minimum Gasteiger partial charge on any atom is -0.490 e. The molecule has 1 aliphatic heterocycles. The lowest BCUT2D eigenvalue weighted by Crippen LogP contribution is -2.22. The Kier molecular flexibility index (Phi) is 3.90. The molecule has 1 atom stereocenters. The molecule has 0 spiro atoms. The largest absolute Gasteiger partial charge is 0.490 e. The van der Waals surface area contributed by atoms with E-state index in [0.29, 0.717) is 6.10 Å². The molecule has 0 amide bonds. The van der Waals surface area contributed by atoms with Gasteiger partial charge in [0.25, 0.3) is 0 Å². The third-order valence-corrected chi connectivity index (χ3v) is 3.18. The normalized spacial score (nSPS) is 19.4. The molecule has 2 rings (SSSR count). The van der Waals surface area contributed by atoms with E-state index in [0.717, 1.165) is 37.3 Å². The van der Waals surface area contributed by atoms with Gasteiger partial charge in [0.2, 0.25) is 0 Å². The highest BCUT2D eigenvalue weighted by Gasteiger charge is 2.18. The molecule has 1 unspecified atom stereocenters. The van der Waals surface area contributed by atoms with Crippen LogP contribution in [0.4, 0.5) is 0 Å². The van der Waals surface area contributed by atoms with Gasteiger partial charge in [0.05, 0.1) is 6.10 Å². The van der Waals surface area contributed by atoms with Gasteiger partial charge >= 0.3 is 0 Å². The second kappa shape index (κ2) is 5.41. The quantitative estimate of drug-likeness (QED) is 0.559. The Labute approximate surface area is 96.4 Å². The van der Waals surface area contributed by atoms with E-state index < -0.39 is 0 Å². The maximum atomic E-state index is 5.94. The van der Waals surface area contributed by atoms with Crippen LogP contribution in [0, 0.1) is 0 Å². The summed E-state index contributed by atoms with van der Waals surface area (Å²) in [6, 6.07) is 8.35. The Morgan fingerprint density at radius 3 is 3.00 bits per heavy atom. The van der Waals surface area contributed by atoms with Gasteiger partial charge in [0, 0.05) is 5.88 Å². The second-order valence-corrected chi connectivity index (χ2v) is 4.45. The van der Waals surface area contributed by atoms with Crippen LogP contribution in [0.1, 0.15) is 31.2 Å². The number of ether oxygens (including phenoxy) is 1. The van der Waals surface area contributed by atoms with Gasteiger partial charge in [-0.3, -0.25) is 0 Å². The number of unbranched alkanes of at least 4 members (excludes halogenated alkanes) is 1. The molecule has 0 aromatic heterocycles. The smallest absolute Gasteiger partial charge is 0.122 e. The van der Waals surface area contributed by atoms with Crippen molar-refractivity contribution < 1.29 is 4.74 Å². The van der Waals surface area contributed by atoms with Gasteiger partial charge in [-0.2, -0.15) is 0 Å². The molecule has 0 aliphatic carbocycles. The Morgan fingerprint density at radius 2 is 2.13 bits per heavy atom. The first-order chi connectivity index (χ1) is 7.40. The zero-order valence-electron chi connectivity index (χ0n) is 8.92. The van der Waals surface area contributed by atoms with Gasteiger partial charge in [-0.05, 0) is 43.7 Å². The molecule has 1 aliphatic rings. The Hall–Kier alpha value is -0.690. The molecular weight excluding hydrogens is 208 g/mol. The molecule has 1 aromatic carbocycles. The van der Waals surface area contributed by atoms with Crippen molar-refractivity contribution in [2.24, 2.45) is 0 Å². The maximum absolute atomic E-state index is 5.94. The average molecular weight is 225 g/mol. The minimum atomic E-state index is 0.406. The number of aryl methyl sites for hydroxylation is 1. The zero-order chi connectivity index (χ0) is 10.5. The van der Waals surface area contributed by atoms with E-state index in [1.165, 1.54) is 12.0 Å². The molecule has 15 heavy (non-hydrogen) atoms. The van der Waals surface area contributed by atoms with Crippen LogP contribution < -0.4 is 4.74 Å². The van der Waals surface area contributed by atoms with Crippen LogP contribution in [-0.2, 0) is 6.42 Å². The van der Waals surface area contributed by atoms with Crippen LogP contribution in [0.15, 0.2) is 24.3 Å². The lowest BCUT2D eigenvalue weighted by atomic mass is 9.99. The standard InChI is InChI=1S/C13H17ClO/c14-10-4-3-6-12-9-8-11-5-1-2-7-13(11)15-12/h1-2,5,7,12H,3-4,6,8-10H2. The SMILES string of the molecule is ClCCCCC1CCc2ccccc2O1. The summed E-state index contributed by atoms with van der Waals surface area (Å²) in [5, 5.41) is 0. The summed E-state index contributed by atoms with van der Waals surface area (Å²) >= 11 is 5.66. The lowest BCUT2D eigenvalue weighted by Gasteiger charge is -2.25. The van der Waals surface area contributed by atoms with Crippen molar-refractivity contribution in [1.82, 2.24) is 0 Å². The third-order valence-electron chi connectivity index (χ3n) is 2.91. The van der Waals surface area contributed by atoms with E-state index in [2.05, 4.69) is 18.2 Å². The summed E-state index contributed by atoms with van der Waals surface area (Å²) in [5.74, 6) is 1.85. The van der Waals surface area contributed by atoms with Crippen molar-refractivity contribution in [3.8, 4) is 5.75 Å². The fourth-order valence-electron chi connectivity index (χ4n) is 2.05. The molecule has 1 nitrogen and oxygen atoms in total. The van der Waals surface area contributed by atoms with E-state index in [1.807, 2.05) is 6.07 Å². The summed E-state index contributed by atoms with van der Waals surface area (Å²) in [4.78, 5) is 0. The molecular formula is C13H17ClO. The first-order valence-electron chi connectivity index (χ1n) is 5.70. The van der Waals surface area contributed by atoms with E-state index >= 15 is 0 Å². The lowest BCUT2D eigenvalue weighted by molar-refractivity contribution is 0.161. The van der Waals surface area contributed by atoms with Crippen LogP contribution >= 0.6 is 11.6 Å². The van der Waals surface area contributed by atoms with Gasteiger partial charge in [-0.1, -0.05) is 18.2 Å². The Balaban J connectivity index is 1.88. The van der Waals surface area contributed by atoms with Crippen LogP contribution in [0.3, 0.4) is 0 Å². The van der Waals surface area contributed by atoms with Gasteiger partial charge in [0.15, 0.2) is 0 Å². The van der Waals surface area contributed by atoms with Crippen LogP contribution in [0.5, 0.6) is 5.75 Å². The predicted octanol–water partition coefficient (Wildman–Crippen LogP) is 3.79. The number of fused-ring (bicyclic) bond motifs is 1. The highest BCUT2D eigenvalue weighted by Crippen LogP contribution is 2.28. The third kappa shape index (κ3) is 2.88. The van der Waals surface area contributed by atoms with Crippen molar-refractivity contribution in [2.45, 2.75) is 38.2 Å². The molecule has 82 valence electrons. The second-order valence-electron chi connectivity index (χ2n) is 4.07. The number of para-hydroxylation sites is 1. The van der Waals surface area contributed by atoms with Crippen molar-refractivity contribution in [3.63, 3.8) is 0 Å². The molecule has 2 heteroatoms. The fraction of sp³-hybridized carbons (Fsp3) is 0.538. The van der Waals surface area contributed by atoms with Gasteiger partial charge in [0.1, 0.15) is 5.75 Å². The number of alkyl halides is 1. The minimum absolute atomic E-state index is 0.406. The number of benzene rings is 1. The molecule has 0 radical (unpaired) electrons. The highest BCUT2D eigenvalue weighted by atomic mass is 35.5. The first-order valence-corrected chi connectivity index (χ1v) is 6.24. The summed E-state index contributed by atoms with van der Waals surface area (Å²) < 4.78 is 5.94. The summed E-state index contributed by atoms with van der Waals surface area (Å²) in [6.07, 6.45) is 6.13.